The van der Waals surface area contributed by atoms with Crippen molar-refractivity contribution < 1.29 is 0 Å². The van der Waals surface area contributed by atoms with E-state index in [0.29, 0.717) is 19.6 Å². The maximum absolute atomic E-state index is 11.9. The summed E-state index contributed by atoms with van der Waals surface area (Å²) in [6.07, 6.45) is 3.71. The van der Waals surface area contributed by atoms with Crippen LogP contribution in [0.4, 0.5) is 0 Å². The van der Waals surface area contributed by atoms with Crippen LogP contribution in [0.3, 0.4) is 0 Å². The second-order valence-electron chi connectivity index (χ2n) is 7.27. The molecular weight excluding hydrogens is 525 g/mol. The maximum atomic E-state index is 11.9. The molecule has 0 atom stereocenters. The smallest absolute Gasteiger partial charge is 0.250 e. The SMILES string of the molecule is CCNC(=NCc1ccc(Cn2ccccc2=O)cc1)N(C)Cc1cc(Cl)cn1C.I. The van der Waals surface area contributed by atoms with Gasteiger partial charge >= 0.3 is 0 Å². The van der Waals surface area contributed by atoms with Crippen LogP contribution in [-0.2, 0) is 26.7 Å². The van der Waals surface area contributed by atoms with E-state index in [1.54, 1.807) is 22.9 Å². The van der Waals surface area contributed by atoms with Gasteiger partial charge in [-0.1, -0.05) is 41.9 Å². The normalized spacial score (nSPS) is 11.2. The van der Waals surface area contributed by atoms with Crippen molar-refractivity contribution in [3.05, 3.63) is 93.1 Å². The standard InChI is InChI=1S/C23H28ClN5O.HI/c1-4-25-23(28(3)17-21-13-20(24)16-27(21)2)26-14-18-8-10-19(11-9-18)15-29-12-6-5-7-22(29)30;/h5-13,16H,4,14-15,17H2,1-3H3,(H,25,26);1H. The third-order valence-electron chi connectivity index (χ3n) is 4.86. The summed E-state index contributed by atoms with van der Waals surface area (Å²) in [6, 6.07) is 15.4. The number of aryl methyl sites for hydroxylation is 1. The highest BCUT2D eigenvalue weighted by molar-refractivity contribution is 14.0. The predicted molar refractivity (Wildman–Crippen MR) is 138 cm³/mol. The topological polar surface area (TPSA) is 54.6 Å². The molecule has 0 spiro atoms. The number of nitrogens with one attached hydrogen (secondary N) is 1. The van der Waals surface area contributed by atoms with Gasteiger partial charge in [-0.3, -0.25) is 4.79 Å². The van der Waals surface area contributed by atoms with Gasteiger partial charge in [0.15, 0.2) is 5.96 Å². The minimum atomic E-state index is 0. The van der Waals surface area contributed by atoms with Gasteiger partial charge in [-0.2, -0.15) is 0 Å². The molecule has 166 valence electrons. The van der Waals surface area contributed by atoms with Gasteiger partial charge < -0.3 is 19.4 Å². The number of pyridine rings is 1. The molecule has 2 aromatic heterocycles. The molecule has 31 heavy (non-hydrogen) atoms. The fourth-order valence-corrected chi connectivity index (χ4v) is 3.49. The van der Waals surface area contributed by atoms with Gasteiger partial charge in [-0.25, -0.2) is 4.99 Å². The van der Waals surface area contributed by atoms with Gasteiger partial charge in [-0.05, 0) is 30.2 Å². The van der Waals surface area contributed by atoms with Crippen molar-refractivity contribution >= 4 is 41.5 Å². The number of benzene rings is 1. The Morgan fingerprint density at radius 1 is 1.16 bits per heavy atom. The molecule has 0 unspecified atom stereocenters. The quantitative estimate of drug-likeness (QED) is 0.272. The highest BCUT2D eigenvalue weighted by Crippen LogP contribution is 2.14. The molecule has 0 aliphatic heterocycles. The molecule has 6 nitrogen and oxygen atoms in total. The Hall–Kier alpha value is -2.26. The number of aliphatic imine (C=N–C) groups is 1. The molecular formula is C23H29ClIN5O. The lowest BCUT2D eigenvalue weighted by Gasteiger charge is -2.22. The Kier molecular flexibility index (Phi) is 9.64. The molecule has 0 aliphatic rings. The Balaban J connectivity index is 0.00000341. The van der Waals surface area contributed by atoms with Crippen molar-refractivity contribution in [3.8, 4) is 0 Å². The first-order chi connectivity index (χ1) is 14.5. The molecule has 3 rings (SSSR count). The zero-order chi connectivity index (χ0) is 21.5. The van der Waals surface area contributed by atoms with E-state index in [2.05, 4.69) is 29.3 Å². The predicted octanol–water partition coefficient (Wildman–Crippen LogP) is 4.10. The average Bonchev–Trinajstić information content (AvgIpc) is 3.04. The molecule has 0 saturated heterocycles. The number of hydrogen-bond acceptors (Lipinski definition) is 2. The Morgan fingerprint density at radius 2 is 1.87 bits per heavy atom. The summed E-state index contributed by atoms with van der Waals surface area (Å²) in [5.74, 6) is 0.842. The summed E-state index contributed by atoms with van der Waals surface area (Å²) in [4.78, 5) is 18.7. The highest BCUT2D eigenvalue weighted by Gasteiger charge is 2.10. The van der Waals surface area contributed by atoms with Crippen LogP contribution in [0, 0.1) is 0 Å². The van der Waals surface area contributed by atoms with Gasteiger partial charge in [0, 0.05) is 44.8 Å². The molecule has 3 aromatic rings. The van der Waals surface area contributed by atoms with E-state index in [9.17, 15) is 4.79 Å². The molecule has 0 radical (unpaired) electrons. The molecule has 0 fully saturated rings. The summed E-state index contributed by atoms with van der Waals surface area (Å²) in [5, 5.41) is 4.08. The number of aromatic nitrogens is 2. The lowest BCUT2D eigenvalue weighted by molar-refractivity contribution is 0.462. The first-order valence-electron chi connectivity index (χ1n) is 9.99. The van der Waals surface area contributed by atoms with Crippen LogP contribution in [0.15, 0.2) is 70.7 Å². The summed E-state index contributed by atoms with van der Waals surface area (Å²) >= 11 is 6.10. The van der Waals surface area contributed by atoms with Gasteiger partial charge in [0.2, 0.25) is 0 Å². The monoisotopic (exact) mass is 553 g/mol. The summed E-state index contributed by atoms with van der Waals surface area (Å²) in [7, 11) is 4.01. The first-order valence-corrected chi connectivity index (χ1v) is 10.4. The van der Waals surface area contributed by atoms with Crippen molar-refractivity contribution in [2.75, 3.05) is 13.6 Å². The molecule has 0 bridgehead atoms. The lowest BCUT2D eigenvalue weighted by atomic mass is 10.1. The van der Waals surface area contributed by atoms with Crippen molar-refractivity contribution in [2.45, 2.75) is 26.6 Å². The van der Waals surface area contributed by atoms with Crippen LogP contribution in [0.2, 0.25) is 5.02 Å². The van der Waals surface area contributed by atoms with E-state index >= 15 is 0 Å². The summed E-state index contributed by atoms with van der Waals surface area (Å²) in [5.41, 5.74) is 3.32. The van der Waals surface area contributed by atoms with Crippen molar-refractivity contribution in [1.82, 2.24) is 19.4 Å². The second-order valence-corrected chi connectivity index (χ2v) is 7.71. The van der Waals surface area contributed by atoms with E-state index in [1.165, 1.54) is 0 Å². The van der Waals surface area contributed by atoms with E-state index in [1.807, 2.05) is 49.1 Å². The fraction of sp³-hybridized carbons (Fsp3) is 0.304. The Morgan fingerprint density at radius 3 is 2.48 bits per heavy atom. The highest BCUT2D eigenvalue weighted by atomic mass is 127. The van der Waals surface area contributed by atoms with E-state index in [0.717, 1.165) is 34.3 Å². The number of rotatable bonds is 7. The zero-order valence-electron chi connectivity index (χ0n) is 18.1. The number of guanidine groups is 1. The second kappa shape index (κ2) is 12.0. The third kappa shape index (κ3) is 7.14. The van der Waals surface area contributed by atoms with E-state index in [-0.39, 0.29) is 29.5 Å². The lowest BCUT2D eigenvalue weighted by Crippen LogP contribution is -2.38. The summed E-state index contributed by atoms with van der Waals surface area (Å²) in [6.45, 7) is 4.70. The number of hydrogen-bond donors (Lipinski definition) is 1. The molecule has 1 N–H and O–H groups in total. The van der Waals surface area contributed by atoms with Gasteiger partial charge in [0.05, 0.1) is 24.7 Å². The van der Waals surface area contributed by atoms with Gasteiger partial charge in [0.1, 0.15) is 0 Å². The van der Waals surface area contributed by atoms with Crippen LogP contribution in [0.1, 0.15) is 23.7 Å². The van der Waals surface area contributed by atoms with Crippen LogP contribution < -0.4 is 10.9 Å². The van der Waals surface area contributed by atoms with Crippen molar-refractivity contribution in [1.29, 1.82) is 0 Å². The minimum absolute atomic E-state index is 0. The molecule has 1 aromatic carbocycles. The summed E-state index contributed by atoms with van der Waals surface area (Å²) < 4.78 is 3.72. The maximum Gasteiger partial charge on any atom is 0.250 e. The first kappa shape index (κ1) is 25.0. The Labute approximate surface area is 205 Å². The fourth-order valence-electron chi connectivity index (χ4n) is 3.22. The largest absolute Gasteiger partial charge is 0.357 e. The molecule has 0 amide bonds. The van der Waals surface area contributed by atoms with E-state index in [4.69, 9.17) is 16.6 Å². The number of nitrogens with zero attached hydrogens (tertiary/aromatic N) is 4. The Bertz CT molecular complexity index is 1060. The molecule has 2 heterocycles. The molecule has 0 saturated carbocycles. The van der Waals surface area contributed by atoms with Crippen LogP contribution >= 0.6 is 35.6 Å². The molecule has 0 aliphatic carbocycles. The van der Waals surface area contributed by atoms with Crippen LogP contribution in [0.5, 0.6) is 0 Å². The number of halogens is 2. The zero-order valence-corrected chi connectivity index (χ0v) is 21.2. The van der Waals surface area contributed by atoms with E-state index < -0.39 is 0 Å². The van der Waals surface area contributed by atoms with Crippen LogP contribution in [0.25, 0.3) is 0 Å². The van der Waals surface area contributed by atoms with Crippen LogP contribution in [-0.4, -0.2) is 33.6 Å². The minimum Gasteiger partial charge on any atom is -0.357 e. The van der Waals surface area contributed by atoms with Gasteiger partial charge in [-0.15, -0.1) is 24.0 Å². The average molecular weight is 554 g/mol. The third-order valence-corrected chi connectivity index (χ3v) is 5.06. The molecule has 8 heteroatoms. The van der Waals surface area contributed by atoms with Gasteiger partial charge in [0.25, 0.3) is 5.56 Å². The van der Waals surface area contributed by atoms with Crippen molar-refractivity contribution in [2.24, 2.45) is 12.0 Å². The van der Waals surface area contributed by atoms with Crippen molar-refractivity contribution in [3.63, 3.8) is 0 Å².